The van der Waals surface area contributed by atoms with Crippen LogP contribution in [0.15, 0.2) is 6.07 Å². The molecule has 1 aromatic heterocycles. The second kappa shape index (κ2) is 5.41. The maximum Gasteiger partial charge on any atom is 0.435 e. The number of carbonyl (C=O) groups excluding carboxylic acids is 1. The molecule has 0 amide bonds. The van der Waals surface area contributed by atoms with E-state index in [4.69, 9.17) is 4.74 Å². The van der Waals surface area contributed by atoms with Crippen LogP contribution in [0.5, 0.6) is 0 Å². The molecule has 0 spiro atoms. The van der Waals surface area contributed by atoms with Gasteiger partial charge < -0.3 is 4.74 Å². The topological polar surface area (TPSA) is 44.1 Å². The van der Waals surface area contributed by atoms with E-state index in [2.05, 4.69) is 5.10 Å². The van der Waals surface area contributed by atoms with Crippen LogP contribution in [0.3, 0.4) is 0 Å². The number of ether oxygens (including phenoxy) is 1. The molecule has 0 bridgehead atoms. The van der Waals surface area contributed by atoms with Gasteiger partial charge in [0.05, 0.1) is 19.1 Å². The molecule has 1 rings (SSSR count). The Bertz CT molecular complexity index is 426. The molecule has 0 radical (unpaired) electrons. The summed E-state index contributed by atoms with van der Waals surface area (Å²) in [5, 5.41) is 3.48. The fourth-order valence-corrected chi connectivity index (χ4v) is 1.62. The molecule has 0 aliphatic heterocycles. The number of alkyl halides is 3. The van der Waals surface area contributed by atoms with Crippen molar-refractivity contribution in [3.63, 3.8) is 0 Å². The molecule has 102 valence electrons. The van der Waals surface area contributed by atoms with Gasteiger partial charge in [0.15, 0.2) is 5.69 Å². The molecule has 0 saturated heterocycles. The smallest absolute Gasteiger partial charge is 0.435 e. The first-order valence-electron chi connectivity index (χ1n) is 5.54. The van der Waals surface area contributed by atoms with E-state index >= 15 is 0 Å². The zero-order valence-electron chi connectivity index (χ0n) is 10.4. The normalized spacial score (nSPS) is 13.4. The summed E-state index contributed by atoms with van der Waals surface area (Å²) in [7, 11) is 0. The zero-order chi connectivity index (χ0) is 13.9. The summed E-state index contributed by atoms with van der Waals surface area (Å²) in [6.07, 6.45) is -4.48. The highest BCUT2D eigenvalue weighted by Gasteiger charge is 2.35. The molecule has 1 heterocycles. The number of aromatic nitrogens is 2. The minimum absolute atomic E-state index is 0.00629. The van der Waals surface area contributed by atoms with Crippen molar-refractivity contribution in [2.75, 3.05) is 6.61 Å². The van der Waals surface area contributed by atoms with Crippen LogP contribution >= 0.6 is 0 Å². The Labute approximate surface area is 103 Å². The third kappa shape index (κ3) is 3.48. The van der Waals surface area contributed by atoms with E-state index in [-0.39, 0.29) is 13.0 Å². The van der Waals surface area contributed by atoms with E-state index in [1.807, 2.05) is 0 Å². The molecule has 0 saturated carbocycles. The highest BCUT2D eigenvalue weighted by Crippen LogP contribution is 2.29. The Hall–Kier alpha value is -1.53. The Morgan fingerprint density at radius 1 is 1.56 bits per heavy atom. The molecule has 1 atom stereocenters. The number of carbonyl (C=O) groups is 1. The Balaban J connectivity index is 2.83. The average molecular weight is 264 g/mol. The molecule has 0 unspecified atom stereocenters. The SMILES string of the molecule is CCOC(=O)C[C@H](C)n1nc(C(F)(F)F)cc1C. The number of hydrogen-bond acceptors (Lipinski definition) is 3. The lowest BCUT2D eigenvalue weighted by molar-refractivity contribution is -0.144. The molecule has 0 aliphatic rings. The van der Waals surface area contributed by atoms with Crippen molar-refractivity contribution in [1.82, 2.24) is 9.78 Å². The number of esters is 1. The third-order valence-electron chi connectivity index (χ3n) is 2.40. The second-order valence-corrected chi connectivity index (χ2v) is 3.97. The van der Waals surface area contributed by atoms with E-state index in [0.29, 0.717) is 5.69 Å². The van der Waals surface area contributed by atoms with Crippen LogP contribution in [-0.4, -0.2) is 22.4 Å². The fourth-order valence-electron chi connectivity index (χ4n) is 1.62. The molecular formula is C11H15F3N2O2. The summed E-state index contributed by atoms with van der Waals surface area (Å²) in [4.78, 5) is 11.3. The second-order valence-electron chi connectivity index (χ2n) is 3.97. The van der Waals surface area contributed by atoms with Gasteiger partial charge in [-0.15, -0.1) is 0 Å². The minimum Gasteiger partial charge on any atom is -0.466 e. The summed E-state index contributed by atoms with van der Waals surface area (Å²) in [6, 6.07) is 0.488. The van der Waals surface area contributed by atoms with Crippen LogP contribution < -0.4 is 0 Å². The largest absolute Gasteiger partial charge is 0.466 e. The highest BCUT2D eigenvalue weighted by atomic mass is 19.4. The highest BCUT2D eigenvalue weighted by molar-refractivity contribution is 5.69. The maximum absolute atomic E-state index is 12.5. The van der Waals surface area contributed by atoms with Crippen molar-refractivity contribution in [2.24, 2.45) is 0 Å². The molecule has 18 heavy (non-hydrogen) atoms. The van der Waals surface area contributed by atoms with E-state index in [1.165, 1.54) is 11.6 Å². The molecule has 4 nitrogen and oxygen atoms in total. The maximum atomic E-state index is 12.5. The van der Waals surface area contributed by atoms with Crippen molar-refractivity contribution >= 4 is 5.97 Å². The van der Waals surface area contributed by atoms with Crippen molar-refractivity contribution in [1.29, 1.82) is 0 Å². The van der Waals surface area contributed by atoms with Crippen LogP contribution in [0, 0.1) is 6.92 Å². The number of halogens is 3. The number of aryl methyl sites for hydroxylation is 1. The quantitative estimate of drug-likeness (QED) is 0.785. The summed E-state index contributed by atoms with van der Waals surface area (Å²) >= 11 is 0. The van der Waals surface area contributed by atoms with Crippen LogP contribution in [0.4, 0.5) is 13.2 Å². The van der Waals surface area contributed by atoms with Gasteiger partial charge in [0.2, 0.25) is 0 Å². The van der Waals surface area contributed by atoms with Gasteiger partial charge >= 0.3 is 12.1 Å². The van der Waals surface area contributed by atoms with Gasteiger partial charge in [-0.2, -0.15) is 18.3 Å². The van der Waals surface area contributed by atoms with Gasteiger partial charge in [0.1, 0.15) is 0 Å². The number of nitrogens with zero attached hydrogens (tertiary/aromatic N) is 2. The fraction of sp³-hybridized carbons (Fsp3) is 0.636. The number of hydrogen-bond donors (Lipinski definition) is 0. The molecule has 0 aliphatic carbocycles. The van der Waals surface area contributed by atoms with E-state index in [9.17, 15) is 18.0 Å². The van der Waals surface area contributed by atoms with Crippen LogP contribution in [0.1, 0.15) is 37.7 Å². The Morgan fingerprint density at radius 2 is 2.17 bits per heavy atom. The summed E-state index contributed by atoms with van der Waals surface area (Å²) in [5.41, 5.74) is -0.588. The predicted octanol–water partition coefficient (Wildman–Crippen LogP) is 2.72. The average Bonchev–Trinajstić information content (AvgIpc) is 2.60. The van der Waals surface area contributed by atoms with Crippen LogP contribution in [0.25, 0.3) is 0 Å². The van der Waals surface area contributed by atoms with Gasteiger partial charge in [-0.05, 0) is 26.8 Å². The van der Waals surface area contributed by atoms with E-state index in [0.717, 1.165) is 6.07 Å². The molecule has 0 fully saturated rings. The Morgan fingerprint density at radius 3 is 2.61 bits per heavy atom. The van der Waals surface area contributed by atoms with Gasteiger partial charge in [-0.25, -0.2) is 0 Å². The first-order chi connectivity index (χ1) is 8.25. The first-order valence-corrected chi connectivity index (χ1v) is 5.54. The lowest BCUT2D eigenvalue weighted by atomic mass is 10.2. The molecule has 1 aromatic rings. The van der Waals surface area contributed by atoms with E-state index in [1.54, 1.807) is 13.8 Å². The number of rotatable bonds is 4. The van der Waals surface area contributed by atoms with Crippen molar-refractivity contribution in [2.45, 2.75) is 39.4 Å². The van der Waals surface area contributed by atoms with Gasteiger partial charge in [0, 0.05) is 5.69 Å². The van der Waals surface area contributed by atoms with Crippen LogP contribution in [-0.2, 0) is 15.7 Å². The molecule has 0 N–H and O–H groups in total. The van der Waals surface area contributed by atoms with Gasteiger partial charge in [-0.1, -0.05) is 0 Å². The van der Waals surface area contributed by atoms with Crippen molar-refractivity contribution < 1.29 is 22.7 Å². The van der Waals surface area contributed by atoms with Crippen molar-refractivity contribution in [3.05, 3.63) is 17.5 Å². The molecule has 7 heteroatoms. The standard InChI is InChI=1S/C11H15F3N2O2/c1-4-18-10(17)6-8(3)16-7(2)5-9(15-16)11(12,13)14/h5,8H,4,6H2,1-3H3/t8-/m0/s1. The predicted molar refractivity (Wildman–Crippen MR) is 57.9 cm³/mol. The molecular weight excluding hydrogens is 249 g/mol. The third-order valence-corrected chi connectivity index (χ3v) is 2.40. The first kappa shape index (κ1) is 14.5. The molecule has 0 aromatic carbocycles. The summed E-state index contributed by atoms with van der Waals surface area (Å²) in [6.45, 7) is 5.06. The Kier molecular flexibility index (Phi) is 4.37. The zero-order valence-corrected chi connectivity index (χ0v) is 10.4. The lowest BCUT2D eigenvalue weighted by Gasteiger charge is -2.13. The summed E-state index contributed by atoms with van der Waals surface area (Å²) in [5.74, 6) is -0.451. The van der Waals surface area contributed by atoms with E-state index < -0.39 is 23.9 Å². The monoisotopic (exact) mass is 264 g/mol. The van der Waals surface area contributed by atoms with Crippen molar-refractivity contribution in [3.8, 4) is 0 Å². The van der Waals surface area contributed by atoms with Gasteiger partial charge in [0.25, 0.3) is 0 Å². The minimum atomic E-state index is -4.47. The van der Waals surface area contributed by atoms with Crippen LogP contribution in [0.2, 0.25) is 0 Å². The van der Waals surface area contributed by atoms with Gasteiger partial charge in [-0.3, -0.25) is 9.48 Å². The lowest BCUT2D eigenvalue weighted by Crippen LogP contribution is -2.16. The summed E-state index contributed by atoms with van der Waals surface area (Å²) < 4.78 is 43.3.